The zero-order valence-corrected chi connectivity index (χ0v) is 5.92. The predicted molar refractivity (Wildman–Crippen MR) is 37.3 cm³/mol. The van der Waals surface area contributed by atoms with Gasteiger partial charge >= 0.3 is 0 Å². The summed E-state index contributed by atoms with van der Waals surface area (Å²) in [5.41, 5.74) is 5.67. The number of hydrogen-bond donors (Lipinski definition) is 1. The van der Waals surface area contributed by atoms with Crippen LogP contribution >= 0.6 is 0 Å². The van der Waals surface area contributed by atoms with Gasteiger partial charge in [0.2, 0.25) is 5.91 Å². The third-order valence-electron chi connectivity index (χ3n) is 2.64. The van der Waals surface area contributed by atoms with E-state index in [0.717, 1.165) is 25.9 Å². The molecule has 1 atom stereocenters. The molecule has 3 fully saturated rings. The van der Waals surface area contributed by atoms with Crippen LogP contribution in [0.3, 0.4) is 0 Å². The van der Waals surface area contributed by atoms with Gasteiger partial charge in [0.25, 0.3) is 0 Å². The zero-order chi connectivity index (χ0) is 7.14. The Labute approximate surface area is 60.2 Å². The second-order valence-electron chi connectivity index (χ2n) is 3.19. The predicted octanol–water partition coefficient (Wildman–Crippen LogP) is -0.434. The molecule has 3 heteroatoms. The summed E-state index contributed by atoms with van der Waals surface area (Å²) in [7, 11) is 0. The molecular formula is C7H12N2O. The van der Waals surface area contributed by atoms with E-state index in [2.05, 4.69) is 0 Å². The summed E-state index contributed by atoms with van der Waals surface area (Å²) in [4.78, 5) is 13.1. The normalized spacial score (nSPS) is 38.9. The maximum atomic E-state index is 11.2. The van der Waals surface area contributed by atoms with Crippen LogP contribution in [0, 0.1) is 5.92 Å². The smallest absolute Gasteiger partial charge is 0.239 e. The molecule has 0 radical (unpaired) electrons. The van der Waals surface area contributed by atoms with Crippen LogP contribution in [0.1, 0.15) is 12.8 Å². The van der Waals surface area contributed by atoms with Crippen LogP contribution in [0.4, 0.5) is 0 Å². The zero-order valence-electron chi connectivity index (χ0n) is 5.92. The largest absolute Gasteiger partial charge is 0.341 e. The van der Waals surface area contributed by atoms with E-state index in [0.29, 0.717) is 5.92 Å². The van der Waals surface area contributed by atoms with Crippen LogP contribution in [-0.4, -0.2) is 29.9 Å². The fourth-order valence-electron chi connectivity index (χ4n) is 1.89. The monoisotopic (exact) mass is 140 g/mol. The van der Waals surface area contributed by atoms with E-state index >= 15 is 0 Å². The standard InChI is InChI=1S/C7H12N2O/c8-6-5-1-3-9(4-2-5)7(6)10/h5-6H,1-4,8H2. The molecule has 0 aromatic rings. The fraction of sp³-hybridized carbons (Fsp3) is 0.857. The average Bonchev–Trinajstić information content (AvgIpc) is 2.00. The Hall–Kier alpha value is -0.570. The van der Waals surface area contributed by atoms with Crippen molar-refractivity contribution in [3.05, 3.63) is 0 Å². The van der Waals surface area contributed by atoms with Gasteiger partial charge in [-0.25, -0.2) is 0 Å². The molecule has 0 aromatic carbocycles. The lowest BCUT2D eigenvalue weighted by atomic mass is 9.84. The van der Waals surface area contributed by atoms with Gasteiger partial charge in [-0.1, -0.05) is 0 Å². The lowest BCUT2D eigenvalue weighted by molar-refractivity contribution is -0.141. The summed E-state index contributed by atoms with van der Waals surface area (Å²) in [6.07, 6.45) is 2.24. The molecule has 2 N–H and O–H groups in total. The van der Waals surface area contributed by atoms with Crippen molar-refractivity contribution < 1.29 is 4.79 Å². The number of rotatable bonds is 0. The van der Waals surface area contributed by atoms with E-state index in [4.69, 9.17) is 5.73 Å². The first-order valence-corrected chi connectivity index (χ1v) is 3.83. The van der Waals surface area contributed by atoms with Gasteiger partial charge in [0.15, 0.2) is 0 Å². The van der Waals surface area contributed by atoms with Gasteiger partial charge in [-0.2, -0.15) is 0 Å². The highest BCUT2D eigenvalue weighted by Gasteiger charge is 2.38. The highest BCUT2D eigenvalue weighted by Crippen LogP contribution is 2.26. The Bertz CT molecular complexity index is 157. The average molecular weight is 140 g/mol. The lowest BCUT2D eigenvalue weighted by Gasteiger charge is -2.42. The van der Waals surface area contributed by atoms with Crippen molar-refractivity contribution in [1.82, 2.24) is 4.90 Å². The van der Waals surface area contributed by atoms with Gasteiger partial charge in [0.1, 0.15) is 0 Å². The van der Waals surface area contributed by atoms with E-state index in [1.165, 1.54) is 0 Å². The number of fused-ring (bicyclic) bond motifs is 3. The molecule has 0 saturated carbocycles. The van der Waals surface area contributed by atoms with Crippen molar-refractivity contribution in [3.8, 4) is 0 Å². The number of amides is 1. The van der Waals surface area contributed by atoms with Crippen LogP contribution in [0.2, 0.25) is 0 Å². The highest BCUT2D eigenvalue weighted by atomic mass is 16.2. The SMILES string of the molecule is NC1C(=O)N2CCC1CC2. The number of carbonyl (C=O) groups is 1. The molecule has 3 nitrogen and oxygen atoms in total. The fourth-order valence-corrected chi connectivity index (χ4v) is 1.89. The van der Waals surface area contributed by atoms with Crippen molar-refractivity contribution in [2.75, 3.05) is 13.1 Å². The molecule has 10 heavy (non-hydrogen) atoms. The van der Waals surface area contributed by atoms with Crippen LogP contribution in [-0.2, 0) is 4.79 Å². The Morgan fingerprint density at radius 1 is 1.40 bits per heavy atom. The first-order valence-electron chi connectivity index (χ1n) is 3.83. The van der Waals surface area contributed by atoms with Gasteiger partial charge < -0.3 is 10.6 Å². The number of carbonyl (C=O) groups excluding carboxylic acids is 1. The van der Waals surface area contributed by atoms with Crippen molar-refractivity contribution in [1.29, 1.82) is 0 Å². The Kier molecular flexibility index (Phi) is 1.20. The van der Waals surface area contributed by atoms with Crippen molar-refractivity contribution in [2.24, 2.45) is 11.7 Å². The molecule has 2 bridgehead atoms. The minimum Gasteiger partial charge on any atom is -0.341 e. The molecular weight excluding hydrogens is 128 g/mol. The molecule has 0 aromatic heterocycles. The molecule has 3 rings (SSSR count). The summed E-state index contributed by atoms with van der Waals surface area (Å²) in [6, 6.07) is -0.178. The van der Waals surface area contributed by atoms with Crippen LogP contribution in [0.5, 0.6) is 0 Å². The Balaban J connectivity index is 2.20. The maximum absolute atomic E-state index is 11.2. The van der Waals surface area contributed by atoms with E-state index in [1.807, 2.05) is 4.90 Å². The summed E-state index contributed by atoms with van der Waals surface area (Å²) in [5.74, 6) is 0.653. The van der Waals surface area contributed by atoms with Crippen LogP contribution < -0.4 is 5.73 Å². The minimum atomic E-state index is -0.178. The second-order valence-corrected chi connectivity index (χ2v) is 3.19. The molecule has 1 unspecified atom stereocenters. The number of nitrogens with zero attached hydrogens (tertiary/aromatic N) is 1. The summed E-state index contributed by atoms with van der Waals surface area (Å²) in [6.45, 7) is 1.88. The second kappa shape index (κ2) is 1.95. The van der Waals surface area contributed by atoms with Gasteiger partial charge in [-0.05, 0) is 18.8 Å². The molecule has 0 spiro atoms. The molecule has 3 saturated heterocycles. The maximum Gasteiger partial charge on any atom is 0.239 e. The van der Waals surface area contributed by atoms with Gasteiger partial charge in [0, 0.05) is 13.1 Å². The van der Waals surface area contributed by atoms with E-state index in [9.17, 15) is 4.79 Å². The molecule has 1 amide bonds. The third-order valence-corrected chi connectivity index (χ3v) is 2.64. The molecule has 3 heterocycles. The Morgan fingerprint density at radius 3 is 2.30 bits per heavy atom. The molecule has 56 valence electrons. The highest BCUT2D eigenvalue weighted by molar-refractivity contribution is 5.83. The van der Waals surface area contributed by atoms with Crippen molar-refractivity contribution in [2.45, 2.75) is 18.9 Å². The first kappa shape index (κ1) is 6.16. The summed E-state index contributed by atoms with van der Waals surface area (Å²) < 4.78 is 0. The minimum absolute atomic E-state index is 0.169. The van der Waals surface area contributed by atoms with E-state index in [-0.39, 0.29) is 11.9 Å². The number of piperidine rings is 3. The van der Waals surface area contributed by atoms with Gasteiger partial charge in [-0.3, -0.25) is 4.79 Å². The first-order chi connectivity index (χ1) is 4.79. The summed E-state index contributed by atoms with van der Waals surface area (Å²) >= 11 is 0. The van der Waals surface area contributed by atoms with Gasteiger partial charge in [-0.15, -0.1) is 0 Å². The number of hydrogen-bond acceptors (Lipinski definition) is 2. The van der Waals surface area contributed by atoms with Gasteiger partial charge in [0.05, 0.1) is 6.04 Å². The lowest BCUT2D eigenvalue weighted by Crippen LogP contribution is -2.58. The van der Waals surface area contributed by atoms with Crippen LogP contribution in [0.25, 0.3) is 0 Å². The quantitative estimate of drug-likeness (QED) is 0.496. The van der Waals surface area contributed by atoms with E-state index in [1.54, 1.807) is 0 Å². The van der Waals surface area contributed by atoms with E-state index < -0.39 is 0 Å². The third kappa shape index (κ3) is 0.669. The molecule has 3 aliphatic rings. The Morgan fingerprint density at radius 2 is 2.00 bits per heavy atom. The number of nitrogens with two attached hydrogens (primary N) is 1. The van der Waals surface area contributed by atoms with Crippen molar-refractivity contribution in [3.63, 3.8) is 0 Å². The summed E-state index contributed by atoms with van der Waals surface area (Å²) in [5, 5.41) is 0. The van der Waals surface area contributed by atoms with Crippen molar-refractivity contribution >= 4 is 5.91 Å². The molecule has 3 aliphatic heterocycles. The topological polar surface area (TPSA) is 46.3 Å². The van der Waals surface area contributed by atoms with Crippen LogP contribution in [0.15, 0.2) is 0 Å². The molecule has 0 aliphatic carbocycles.